The fourth-order valence-corrected chi connectivity index (χ4v) is 2.62. The Hall–Kier alpha value is -1.59. The number of fused-ring (bicyclic) bond motifs is 1. The molecule has 2 aromatic carbocycles. The van der Waals surface area contributed by atoms with Gasteiger partial charge in [-0.05, 0) is 42.5 Å². The predicted molar refractivity (Wildman–Crippen MR) is 91.3 cm³/mol. The molecule has 3 nitrogen and oxygen atoms in total. The molecule has 0 aliphatic heterocycles. The monoisotopic (exact) mass is 391 g/mol. The number of nitrogens with one attached hydrogen (secondary N) is 1. The van der Waals surface area contributed by atoms with Crippen LogP contribution in [0.15, 0.2) is 57.6 Å². The van der Waals surface area contributed by atoms with E-state index in [4.69, 9.17) is 5.73 Å². The van der Waals surface area contributed by atoms with Gasteiger partial charge in [-0.25, -0.2) is 0 Å². The molecule has 1 aromatic heterocycles. The molecular formula is C15H11Br2N3. The van der Waals surface area contributed by atoms with Crippen molar-refractivity contribution in [2.24, 2.45) is 0 Å². The minimum Gasteiger partial charge on any atom is -0.396 e. The molecule has 0 atom stereocenters. The fraction of sp³-hybridized carbons (Fsp3) is 0. The molecule has 0 saturated heterocycles. The fourth-order valence-electron chi connectivity index (χ4n) is 2.00. The summed E-state index contributed by atoms with van der Waals surface area (Å²) in [6.45, 7) is 0. The lowest BCUT2D eigenvalue weighted by atomic mass is 10.1. The van der Waals surface area contributed by atoms with Gasteiger partial charge in [0.1, 0.15) is 0 Å². The van der Waals surface area contributed by atoms with Gasteiger partial charge >= 0.3 is 0 Å². The first-order chi connectivity index (χ1) is 9.63. The van der Waals surface area contributed by atoms with Gasteiger partial charge in [-0.3, -0.25) is 4.98 Å². The molecule has 0 spiro atoms. The van der Waals surface area contributed by atoms with Gasteiger partial charge in [-0.1, -0.05) is 31.9 Å². The largest absolute Gasteiger partial charge is 0.396 e. The van der Waals surface area contributed by atoms with Gasteiger partial charge < -0.3 is 11.1 Å². The molecule has 3 rings (SSSR count). The molecule has 0 bridgehead atoms. The van der Waals surface area contributed by atoms with E-state index < -0.39 is 0 Å². The summed E-state index contributed by atoms with van der Waals surface area (Å²) < 4.78 is 2.04. The van der Waals surface area contributed by atoms with Gasteiger partial charge in [0.25, 0.3) is 0 Å². The molecule has 0 amide bonds. The van der Waals surface area contributed by atoms with Crippen LogP contribution in [0.3, 0.4) is 0 Å². The van der Waals surface area contributed by atoms with Gasteiger partial charge in [-0.15, -0.1) is 0 Å². The van der Waals surface area contributed by atoms with Crippen LogP contribution in [0.25, 0.3) is 10.9 Å². The normalized spacial score (nSPS) is 10.7. The molecule has 0 aliphatic carbocycles. The average molecular weight is 393 g/mol. The minimum absolute atomic E-state index is 0.624. The number of aromatic nitrogens is 1. The lowest BCUT2D eigenvalue weighted by Gasteiger charge is -2.12. The van der Waals surface area contributed by atoms with E-state index in [9.17, 15) is 0 Å². The van der Waals surface area contributed by atoms with Gasteiger partial charge in [0.2, 0.25) is 0 Å². The first-order valence-corrected chi connectivity index (χ1v) is 7.58. The summed E-state index contributed by atoms with van der Waals surface area (Å²) in [5.41, 5.74) is 9.45. The Balaban J connectivity index is 2.12. The highest BCUT2D eigenvalue weighted by Crippen LogP contribution is 2.32. The second-order valence-electron chi connectivity index (χ2n) is 4.38. The number of pyridine rings is 1. The third-order valence-corrected chi connectivity index (χ3v) is 3.99. The van der Waals surface area contributed by atoms with Crippen molar-refractivity contribution < 1.29 is 0 Å². The SMILES string of the molecule is Nc1cnc2ccc(Br)cc2c1Nc1ccc(Br)cc1. The standard InChI is InChI=1S/C15H11Br2N3/c16-9-1-4-11(5-2-9)20-15-12-7-10(17)3-6-14(12)19-8-13(15)18/h1-8H,18H2,(H,19,20). The Morgan fingerprint density at radius 3 is 2.40 bits per heavy atom. The van der Waals surface area contributed by atoms with Crippen LogP contribution in [0.1, 0.15) is 0 Å². The van der Waals surface area contributed by atoms with Crippen molar-refractivity contribution in [3.05, 3.63) is 57.6 Å². The van der Waals surface area contributed by atoms with E-state index in [1.54, 1.807) is 6.20 Å². The Morgan fingerprint density at radius 1 is 0.950 bits per heavy atom. The van der Waals surface area contributed by atoms with E-state index in [-0.39, 0.29) is 0 Å². The Morgan fingerprint density at radius 2 is 1.65 bits per heavy atom. The molecule has 3 N–H and O–H groups in total. The van der Waals surface area contributed by atoms with Gasteiger partial charge in [0.05, 0.1) is 23.1 Å². The van der Waals surface area contributed by atoms with E-state index >= 15 is 0 Å². The number of nitrogens with zero attached hydrogens (tertiary/aromatic N) is 1. The third kappa shape index (κ3) is 2.64. The number of hydrogen-bond acceptors (Lipinski definition) is 3. The summed E-state index contributed by atoms with van der Waals surface area (Å²) in [6, 6.07) is 13.9. The molecule has 1 heterocycles. The van der Waals surface area contributed by atoms with E-state index in [1.165, 1.54) is 0 Å². The molecule has 0 fully saturated rings. The molecular weight excluding hydrogens is 382 g/mol. The lowest BCUT2D eigenvalue weighted by molar-refractivity contribution is 1.40. The number of halogens is 2. The zero-order valence-corrected chi connectivity index (χ0v) is 13.6. The predicted octanol–water partition coefficient (Wildman–Crippen LogP) is 5.09. The highest BCUT2D eigenvalue weighted by Gasteiger charge is 2.07. The van der Waals surface area contributed by atoms with Crippen molar-refractivity contribution >= 4 is 59.8 Å². The summed E-state index contributed by atoms with van der Waals surface area (Å²) in [5.74, 6) is 0. The zero-order valence-electron chi connectivity index (χ0n) is 10.4. The van der Waals surface area contributed by atoms with Crippen molar-refractivity contribution in [2.45, 2.75) is 0 Å². The Labute approximate surface area is 133 Å². The molecule has 0 saturated carbocycles. The maximum atomic E-state index is 6.06. The van der Waals surface area contributed by atoms with Crippen LogP contribution >= 0.6 is 31.9 Å². The molecule has 3 aromatic rings. The lowest BCUT2D eigenvalue weighted by Crippen LogP contribution is -1.98. The maximum Gasteiger partial charge on any atom is 0.0746 e. The van der Waals surface area contributed by atoms with Gasteiger partial charge in [0.15, 0.2) is 0 Å². The quantitative estimate of drug-likeness (QED) is 0.638. The van der Waals surface area contributed by atoms with Gasteiger partial charge in [0, 0.05) is 20.0 Å². The van der Waals surface area contributed by atoms with Crippen LogP contribution in [0, 0.1) is 0 Å². The average Bonchev–Trinajstić information content (AvgIpc) is 2.44. The number of hydrogen-bond donors (Lipinski definition) is 2. The van der Waals surface area contributed by atoms with Crippen LogP contribution in [0.4, 0.5) is 17.1 Å². The van der Waals surface area contributed by atoms with Crippen molar-refractivity contribution in [3.63, 3.8) is 0 Å². The molecule has 5 heteroatoms. The molecule has 100 valence electrons. The molecule has 20 heavy (non-hydrogen) atoms. The van der Waals surface area contributed by atoms with E-state index in [1.807, 2.05) is 42.5 Å². The molecule has 0 aliphatic rings. The zero-order chi connectivity index (χ0) is 14.1. The number of rotatable bonds is 2. The smallest absolute Gasteiger partial charge is 0.0746 e. The first-order valence-electron chi connectivity index (χ1n) is 6.00. The number of anilines is 3. The maximum absolute atomic E-state index is 6.06. The van der Waals surface area contributed by atoms with Crippen molar-refractivity contribution in [1.82, 2.24) is 4.98 Å². The Bertz CT molecular complexity index is 765. The van der Waals surface area contributed by atoms with Crippen LogP contribution < -0.4 is 11.1 Å². The van der Waals surface area contributed by atoms with Crippen LogP contribution in [-0.2, 0) is 0 Å². The summed E-state index contributed by atoms with van der Waals surface area (Å²) in [4.78, 5) is 4.34. The second-order valence-corrected chi connectivity index (χ2v) is 6.21. The van der Waals surface area contributed by atoms with Crippen LogP contribution in [0.5, 0.6) is 0 Å². The Kier molecular flexibility index (Phi) is 3.63. The second kappa shape index (κ2) is 5.42. The van der Waals surface area contributed by atoms with Crippen molar-refractivity contribution in [1.29, 1.82) is 0 Å². The highest BCUT2D eigenvalue weighted by molar-refractivity contribution is 9.10. The van der Waals surface area contributed by atoms with Crippen molar-refractivity contribution in [2.75, 3.05) is 11.1 Å². The summed E-state index contributed by atoms with van der Waals surface area (Å²) in [7, 11) is 0. The van der Waals surface area contributed by atoms with E-state index in [0.717, 1.165) is 31.2 Å². The topological polar surface area (TPSA) is 50.9 Å². The summed E-state index contributed by atoms with van der Waals surface area (Å²) >= 11 is 6.91. The number of nitrogens with two attached hydrogens (primary N) is 1. The number of nitrogen functional groups attached to an aromatic ring is 1. The van der Waals surface area contributed by atoms with Crippen LogP contribution in [-0.4, -0.2) is 4.98 Å². The van der Waals surface area contributed by atoms with E-state index in [0.29, 0.717) is 5.69 Å². The van der Waals surface area contributed by atoms with E-state index in [2.05, 4.69) is 42.2 Å². The molecule has 0 unspecified atom stereocenters. The summed E-state index contributed by atoms with van der Waals surface area (Å²) in [5, 5.41) is 4.35. The molecule has 0 radical (unpaired) electrons. The first kappa shape index (κ1) is 13.4. The third-order valence-electron chi connectivity index (χ3n) is 2.97. The van der Waals surface area contributed by atoms with Crippen molar-refractivity contribution in [3.8, 4) is 0 Å². The van der Waals surface area contributed by atoms with Gasteiger partial charge in [-0.2, -0.15) is 0 Å². The minimum atomic E-state index is 0.624. The summed E-state index contributed by atoms with van der Waals surface area (Å²) in [6.07, 6.45) is 1.68. The highest BCUT2D eigenvalue weighted by atomic mass is 79.9. The van der Waals surface area contributed by atoms with Crippen LogP contribution in [0.2, 0.25) is 0 Å². The number of benzene rings is 2.